The molecule has 0 radical (unpaired) electrons. The van der Waals surface area contributed by atoms with Crippen LogP contribution in [0.1, 0.15) is 5.76 Å². The van der Waals surface area contributed by atoms with Crippen LogP contribution < -0.4 is 10.6 Å². The van der Waals surface area contributed by atoms with Gasteiger partial charge in [-0.25, -0.2) is 9.59 Å². The Morgan fingerprint density at radius 1 is 1.50 bits per heavy atom. The SMILES string of the molecule is O=C(NCc1ccco1)N[C@@H](CO)C(=O)O. The van der Waals surface area contributed by atoms with Crippen molar-refractivity contribution in [3.8, 4) is 0 Å². The number of carbonyl (C=O) groups is 2. The molecule has 0 saturated carbocycles. The molecule has 0 unspecified atom stereocenters. The fourth-order valence-electron chi connectivity index (χ4n) is 0.975. The van der Waals surface area contributed by atoms with E-state index >= 15 is 0 Å². The van der Waals surface area contributed by atoms with Crippen LogP contribution in [0.3, 0.4) is 0 Å². The average molecular weight is 228 g/mol. The smallest absolute Gasteiger partial charge is 0.328 e. The summed E-state index contributed by atoms with van der Waals surface area (Å²) in [6, 6.07) is 1.35. The molecule has 0 aliphatic carbocycles. The summed E-state index contributed by atoms with van der Waals surface area (Å²) >= 11 is 0. The Balaban J connectivity index is 2.33. The number of carboxylic acids is 1. The summed E-state index contributed by atoms with van der Waals surface area (Å²) in [5.41, 5.74) is 0. The van der Waals surface area contributed by atoms with Crippen molar-refractivity contribution >= 4 is 12.0 Å². The average Bonchev–Trinajstić information content (AvgIpc) is 2.75. The lowest BCUT2D eigenvalue weighted by molar-refractivity contribution is -0.140. The number of urea groups is 1. The van der Waals surface area contributed by atoms with Gasteiger partial charge in [-0.05, 0) is 12.1 Å². The summed E-state index contributed by atoms with van der Waals surface area (Å²) in [6.45, 7) is -0.514. The van der Waals surface area contributed by atoms with Crippen molar-refractivity contribution in [3.63, 3.8) is 0 Å². The van der Waals surface area contributed by atoms with Gasteiger partial charge in [0, 0.05) is 0 Å². The maximum Gasteiger partial charge on any atom is 0.328 e. The van der Waals surface area contributed by atoms with Crippen molar-refractivity contribution in [2.75, 3.05) is 6.61 Å². The molecular formula is C9H12N2O5. The minimum absolute atomic E-state index is 0.149. The van der Waals surface area contributed by atoms with Gasteiger partial charge >= 0.3 is 12.0 Å². The zero-order valence-corrected chi connectivity index (χ0v) is 8.34. The molecule has 1 heterocycles. The van der Waals surface area contributed by atoms with Crippen LogP contribution in [0, 0.1) is 0 Å². The number of aliphatic hydroxyl groups excluding tert-OH is 1. The summed E-state index contributed by atoms with van der Waals surface area (Å²) in [7, 11) is 0. The molecule has 0 aromatic carbocycles. The van der Waals surface area contributed by atoms with E-state index in [1.165, 1.54) is 6.26 Å². The molecule has 0 aliphatic rings. The minimum Gasteiger partial charge on any atom is -0.480 e. The molecule has 7 nitrogen and oxygen atoms in total. The molecule has 0 spiro atoms. The first-order valence-electron chi connectivity index (χ1n) is 4.54. The monoisotopic (exact) mass is 228 g/mol. The van der Waals surface area contributed by atoms with Crippen molar-refractivity contribution in [1.29, 1.82) is 0 Å². The van der Waals surface area contributed by atoms with Gasteiger partial charge in [-0.2, -0.15) is 0 Å². The second kappa shape index (κ2) is 5.76. The highest BCUT2D eigenvalue weighted by atomic mass is 16.4. The number of carboxylic acid groups (broad SMARTS) is 1. The van der Waals surface area contributed by atoms with E-state index in [0.717, 1.165) is 0 Å². The van der Waals surface area contributed by atoms with Gasteiger partial charge in [-0.3, -0.25) is 0 Å². The Labute approximate surface area is 91.1 Å². The lowest BCUT2D eigenvalue weighted by Crippen LogP contribution is -2.47. The highest BCUT2D eigenvalue weighted by Gasteiger charge is 2.18. The molecule has 0 saturated heterocycles. The number of hydrogen-bond acceptors (Lipinski definition) is 4. The molecule has 0 fully saturated rings. The van der Waals surface area contributed by atoms with Crippen LogP contribution in [0.2, 0.25) is 0 Å². The first kappa shape index (κ1) is 12.1. The molecule has 1 aromatic heterocycles. The van der Waals surface area contributed by atoms with Gasteiger partial charge < -0.3 is 25.3 Å². The van der Waals surface area contributed by atoms with Crippen LogP contribution in [0.4, 0.5) is 4.79 Å². The number of hydrogen-bond donors (Lipinski definition) is 4. The van der Waals surface area contributed by atoms with Crippen LogP contribution in [0.5, 0.6) is 0 Å². The predicted molar refractivity (Wildman–Crippen MR) is 52.6 cm³/mol. The molecular weight excluding hydrogens is 216 g/mol. The minimum atomic E-state index is -1.31. The summed E-state index contributed by atoms with van der Waals surface area (Å²) < 4.78 is 4.95. The Bertz CT molecular complexity index is 349. The van der Waals surface area contributed by atoms with E-state index in [1.54, 1.807) is 12.1 Å². The summed E-state index contributed by atoms with van der Waals surface area (Å²) in [5.74, 6) is -0.748. The maximum atomic E-state index is 11.2. The van der Waals surface area contributed by atoms with Gasteiger partial charge in [0.2, 0.25) is 0 Å². The van der Waals surface area contributed by atoms with Crippen molar-refractivity contribution in [3.05, 3.63) is 24.2 Å². The van der Waals surface area contributed by atoms with Crippen LogP contribution >= 0.6 is 0 Å². The maximum absolute atomic E-state index is 11.2. The zero-order valence-electron chi connectivity index (χ0n) is 8.34. The Morgan fingerprint density at radius 3 is 2.75 bits per heavy atom. The normalized spacial score (nSPS) is 11.8. The van der Waals surface area contributed by atoms with Gasteiger partial charge in [0.05, 0.1) is 19.4 Å². The van der Waals surface area contributed by atoms with E-state index in [4.69, 9.17) is 14.6 Å². The van der Waals surface area contributed by atoms with Crippen LogP contribution in [-0.2, 0) is 11.3 Å². The number of aliphatic hydroxyl groups is 1. The number of nitrogens with one attached hydrogen (secondary N) is 2. The number of rotatable bonds is 5. The van der Waals surface area contributed by atoms with Gasteiger partial charge in [0.25, 0.3) is 0 Å². The van der Waals surface area contributed by atoms with Crippen molar-refractivity contribution < 1.29 is 24.2 Å². The molecule has 7 heteroatoms. The lowest BCUT2D eigenvalue weighted by atomic mass is 10.3. The first-order valence-corrected chi connectivity index (χ1v) is 4.54. The first-order chi connectivity index (χ1) is 7.63. The van der Waals surface area contributed by atoms with Gasteiger partial charge in [-0.1, -0.05) is 0 Å². The third kappa shape index (κ3) is 3.62. The molecule has 0 bridgehead atoms. The van der Waals surface area contributed by atoms with E-state index < -0.39 is 24.6 Å². The largest absolute Gasteiger partial charge is 0.480 e. The van der Waals surface area contributed by atoms with E-state index in [0.29, 0.717) is 5.76 Å². The quantitative estimate of drug-likeness (QED) is 0.544. The van der Waals surface area contributed by atoms with Crippen LogP contribution in [-0.4, -0.2) is 34.9 Å². The predicted octanol–water partition coefficient (Wildman–Crippen LogP) is -0.476. The number of aliphatic carboxylic acids is 1. The zero-order chi connectivity index (χ0) is 12.0. The highest BCUT2D eigenvalue weighted by molar-refractivity contribution is 5.82. The van der Waals surface area contributed by atoms with Gasteiger partial charge in [0.1, 0.15) is 5.76 Å². The van der Waals surface area contributed by atoms with E-state index in [1.807, 2.05) is 0 Å². The molecule has 4 N–H and O–H groups in total. The topological polar surface area (TPSA) is 112 Å². The van der Waals surface area contributed by atoms with Gasteiger partial charge in [-0.15, -0.1) is 0 Å². The highest BCUT2D eigenvalue weighted by Crippen LogP contribution is 1.98. The Morgan fingerprint density at radius 2 is 2.25 bits per heavy atom. The molecule has 1 aromatic rings. The Kier molecular flexibility index (Phi) is 4.34. The molecule has 2 amide bonds. The molecule has 0 aliphatic heterocycles. The van der Waals surface area contributed by atoms with E-state index in [9.17, 15) is 9.59 Å². The molecule has 88 valence electrons. The third-order valence-corrected chi connectivity index (χ3v) is 1.79. The fraction of sp³-hybridized carbons (Fsp3) is 0.333. The Hall–Kier alpha value is -2.02. The standard InChI is InChI=1S/C9H12N2O5/c12-5-7(8(13)14)11-9(15)10-4-6-2-1-3-16-6/h1-3,7,12H,4-5H2,(H,13,14)(H2,10,11,15)/t7-/m0/s1. The third-order valence-electron chi connectivity index (χ3n) is 1.79. The van der Waals surface area contributed by atoms with E-state index in [-0.39, 0.29) is 6.54 Å². The molecule has 16 heavy (non-hydrogen) atoms. The van der Waals surface area contributed by atoms with Crippen LogP contribution in [0.25, 0.3) is 0 Å². The second-order valence-electron chi connectivity index (χ2n) is 2.98. The fourth-order valence-corrected chi connectivity index (χ4v) is 0.975. The second-order valence-corrected chi connectivity index (χ2v) is 2.98. The lowest BCUT2D eigenvalue weighted by Gasteiger charge is -2.11. The number of amides is 2. The van der Waals surface area contributed by atoms with Crippen molar-refractivity contribution in [2.24, 2.45) is 0 Å². The van der Waals surface area contributed by atoms with E-state index in [2.05, 4.69) is 10.6 Å². The molecule has 1 atom stereocenters. The van der Waals surface area contributed by atoms with Crippen molar-refractivity contribution in [2.45, 2.75) is 12.6 Å². The van der Waals surface area contributed by atoms with Crippen molar-refractivity contribution in [1.82, 2.24) is 10.6 Å². The summed E-state index contributed by atoms with van der Waals surface area (Å²) in [4.78, 5) is 21.7. The summed E-state index contributed by atoms with van der Waals surface area (Å²) in [5, 5.41) is 21.7. The van der Waals surface area contributed by atoms with Crippen LogP contribution in [0.15, 0.2) is 22.8 Å². The number of carbonyl (C=O) groups excluding carboxylic acids is 1. The van der Waals surface area contributed by atoms with Gasteiger partial charge in [0.15, 0.2) is 6.04 Å². The summed E-state index contributed by atoms with van der Waals surface area (Å²) in [6.07, 6.45) is 1.46. The number of furan rings is 1. The molecule has 1 rings (SSSR count).